The molecule has 3 heterocycles. The van der Waals surface area contributed by atoms with Crippen LogP contribution in [0.2, 0.25) is 0 Å². The van der Waals surface area contributed by atoms with Gasteiger partial charge in [-0.1, -0.05) is 0 Å². The van der Waals surface area contributed by atoms with E-state index in [1.165, 1.54) is 23.3 Å². The summed E-state index contributed by atoms with van der Waals surface area (Å²) in [5, 5.41) is 1.86. The van der Waals surface area contributed by atoms with E-state index < -0.39 is 0 Å². The van der Waals surface area contributed by atoms with Crippen LogP contribution in [0, 0.1) is 5.92 Å². The van der Waals surface area contributed by atoms with Crippen LogP contribution >= 0.6 is 11.3 Å². The monoisotopic (exact) mass is 308 g/mol. The van der Waals surface area contributed by atoms with Crippen LogP contribution < -0.4 is 10.5 Å². The number of nitrogens with one attached hydrogen (secondary N) is 1. The number of fused-ring (bicyclic) bond motifs is 1. The average Bonchev–Trinajstić information content (AvgIpc) is 2.96. The number of thiazole rings is 1. The van der Waals surface area contributed by atoms with Crippen molar-refractivity contribution in [2.24, 2.45) is 5.92 Å². The largest absolute Gasteiger partial charge is 0.469 e. The van der Waals surface area contributed by atoms with Gasteiger partial charge in [-0.15, -0.1) is 11.3 Å². The second-order valence-electron chi connectivity index (χ2n) is 5.37. The van der Waals surface area contributed by atoms with E-state index in [4.69, 9.17) is 4.74 Å². The van der Waals surface area contributed by atoms with Gasteiger partial charge in [0.15, 0.2) is 4.96 Å². The van der Waals surface area contributed by atoms with Gasteiger partial charge in [-0.3, -0.25) is 14.0 Å². The number of rotatable bonds is 3. The first-order valence-electron chi connectivity index (χ1n) is 7.04. The number of likely N-dealkylation sites (tertiary alicyclic amines) is 1. The predicted molar refractivity (Wildman–Crippen MR) is 78.5 cm³/mol. The van der Waals surface area contributed by atoms with Crippen molar-refractivity contribution in [3.8, 4) is 0 Å². The van der Waals surface area contributed by atoms with Crippen molar-refractivity contribution in [1.29, 1.82) is 0 Å². The highest BCUT2D eigenvalue weighted by Gasteiger charge is 2.28. The SMILES string of the molecule is COC(=O)C1CC[NH+](Cc2cc(=O)n3ccsc3n2)CC1. The third kappa shape index (κ3) is 2.98. The summed E-state index contributed by atoms with van der Waals surface area (Å²) in [6, 6.07) is 1.61. The number of quaternary nitrogens is 1. The van der Waals surface area contributed by atoms with Crippen LogP contribution in [0.15, 0.2) is 22.4 Å². The Labute approximate surface area is 126 Å². The Kier molecular flexibility index (Phi) is 4.03. The third-order valence-electron chi connectivity index (χ3n) is 4.01. The van der Waals surface area contributed by atoms with Crippen molar-refractivity contribution in [3.63, 3.8) is 0 Å². The van der Waals surface area contributed by atoms with Gasteiger partial charge in [0.25, 0.3) is 5.56 Å². The summed E-state index contributed by atoms with van der Waals surface area (Å²) >= 11 is 1.47. The number of hydrogen-bond acceptors (Lipinski definition) is 5. The molecule has 0 amide bonds. The Morgan fingerprint density at radius 2 is 2.29 bits per heavy atom. The number of hydrogen-bond donors (Lipinski definition) is 1. The van der Waals surface area contributed by atoms with Crippen molar-refractivity contribution < 1.29 is 14.4 Å². The zero-order valence-corrected chi connectivity index (χ0v) is 12.7. The highest BCUT2D eigenvalue weighted by Crippen LogP contribution is 2.11. The van der Waals surface area contributed by atoms with Gasteiger partial charge < -0.3 is 9.64 Å². The molecule has 6 nitrogen and oxygen atoms in total. The number of aromatic nitrogens is 2. The van der Waals surface area contributed by atoms with E-state index in [-0.39, 0.29) is 17.4 Å². The summed E-state index contributed by atoms with van der Waals surface area (Å²) in [4.78, 5) is 30.1. The van der Waals surface area contributed by atoms with Gasteiger partial charge in [0.05, 0.1) is 26.1 Å². The zero-order chi connectivity index (χ0) is 14.8. The van der Waals surface area contributed by atoms with Gasteiger partial charge in [-0.25, -0.2) is 4.98 Å². The average molecular weight is 308 g/mol. The number of methoxy groups -OCH3 is 1. The fourth-order valence-corrected chi connectivity index (χ4v) is 3.58. The second kappa shape index (κ2) is 5.95. The Morgan fingerprint density at radius 3 is 3.00 bits per heavy atom. The van der Waals surface area contributed by atoms with Crippen molar-refractivity contribution in [2.75, 3.05) is 20.2 Å². The summed E-state index contributed by atoms with van der Waals surface area (Å²) in [5.41, 5.74) is 0.800. The first-order valence-corrected chi connectivity index (χ1v) is 7.92. The molecular formula is C14H18N3O3S+. The number of esters is 1. The van der Waals surface area contributed by atoms with Gasteiger partial charge in [0.2, 0.25) is 0 Å². The maximum atomic E-state index is 11.9. The first-order chi connectivity index (χ1) is 10.2. The van der Waals surface area contributed by atoms with Gasteiger partial charge >= 0.3 is 5.97 Å². The number of carbonyl (C=O) groups excluding carboxylic acids is 1. The molecule has 2 aromatic rings. The molecule has 21 heavy (non-hydrogen) atoms. The van der Waals surface area contributed by atoms with E-state index in [9.17, 15) is 9.59 Å². The summed E-state index contributed by atoms with van der Waals surface area (Å²) in [7, 11) is 1.44. The quantitative estimate of drug-likeness (QED) is 0.793. The molecule has 0 spiro atoms. The minimum atomic E-state index is -0.106. The molecule has 1 N–H and O–H groups in total. The molecule has 0 bridgehead atoms. The second-order valence-corrected chi connectivity index (χ2v) is 6.24. The van der Waals surface area contributed by atoms with Crippen molar-refractivity contribution in [1.82, 2.24) is 9.38 Å². The Bertz CT molecular complexity index is 701. The summed E-state index contributed by atoms with van der Waals surface area (Å²) in [6.07, 6.45) is 3.41. The molecule has 2 aromatic heterocycles. The lowest BCUT2D eigenvalue weighted by atomic mass is 9.97. The predicted octanol–water partition coefficient (Wildman–Crippen LogP) is -0.276. The molecule has 0 saturated carbocycles. The van der Waals surface area contributed by atoms with Gasteiger partial charge in [0.1, 0.15) is 12.2 Å². The molecule has 1 aliphatic rings. The van der Waals surface area contributed by atoms with E-state index in [2.05, 4.69) is 4.98 Å². The molecule has 7 heteroatoms. The van der Waals surface area contributed by atoms with Gasteiger partial charge in [-0.05, 0) is 0 Å². The van der Waals surface area contributed by atoms with Gasteiger partial charge in [-0.2, -0.15) is 0 Å². The van der Waals surface area contributed by atoms with Crippen LogP contribution in [0.4, 0.5) is 0 Å². The Hall–Kier alpha value is -1.73. The number of nitrogens with zero attached hydrogens (tertiary/aromatic N) is 2. The maximum Gasteiger partial charge on any atom is 0.309 e. The zero-order valence-electron chi connectivity index (χ0n) is 11.9. The van der Waals surface area contributed by atoms with Crippen LogP contribution in [-0.2, 0) is 16.1 Å². The smallest absolute Gasteiger partial charge is 0.309 e. The molecule has 0 atom stereocenters. The highest BCUT2D eigenvalue weighted by atomic mass is 32.1. The maximum absolute atomic E-state index is 11.9. The van der Waals surface area contributed by atoms with E-state index >= 15 is 0 Å². The van der Waals surface area contributed by atoms with E-state index in [1.54, 1.807) is 16.7 Å². The topological polar surface area (TPSA) is 65.1 Å². The number of piperidine rings is 1. The molecule has 1 fully saturated rings. The lowest BCUT2D eigenvalue weighted by Crippen LogP contribution is -3.11. The molecule has 112 valence electrons. The molecule has 1 aliphatic heterocycles. The van der Waals surface area contributed by atoms with Crippen LogP contribution in [0.3, 0.4) is 0 Å². The van der Waals surface area contributed by atoms with Crippen LogP contribution in [0.25, 0.3) is 4.96 Å². The van der Waals surface area contributed by atoms with Gasteiger partial charge in [0, 0.05) is 30.5 Å². The van der Waals surface area contributed by atoms with E-state index in [1.807, 2.05) is 5.38 Å². The van der Waals surface area contributed by atoms with Crippen molar-refractivity contribution in [3.05, 3.63) is 33.7 Å². The molecule has 0 aromatic carbocycles. The lowest BCUT2D eigenvalue weighted by Gasteiger charge is -2.27. The first kappa shape index (κ1) is 14.2. The fraction of sp³-hybridized carbons (Fsp3) is 0.500. The number of carbonyl (C=O) groups is 1. The standard InChI is InChI=1S/C14H17N3O3S/c1-20-13(19)10-2-4-16(5-3-10)9-11-8-12(18)17-6-7-21-14(17)15-11/h6-8,10H,2-5,9H2,1H3/p+1. The molecule has 0 aliphatic carbocycles. The summed E-state index contributed by atoms with van der Waals surface area (Å²) < 4.78 is 6.36. The molecule has 0 unspecified atom stereocenters. The van der Waals surface area contributed by atoms with E-state index in [0.29, 0.717) is 0 Å². The minimum absolute atomic E-state index is 0.0251. The Balaban J connectivity index is 1.67. The Morgan fingerprint density at radius 1 is 1.52 bits per heavy atom. The van der Waals surface area contributed by atoms with Crippen molar-refractivity contribution in [2.45, 2.75) is 19.4 Å². The fourth-order valence-electron chi connectivity index (χ4n) is 2.84. The lowest BCUT2D eigenvalue weighted by molar-refractivity contribution is -0.919. The molecule has 0 radical (unpaired) electrons. The summed E-state index contributed by atoms with van der Waals surface area (Å²) in [6.45, 7) is 2.55. The highest BCUT2D eigenvalue weighted by molar-refractivity contribution is 7.15. The third-order valence-corrected chi connectivity index (χ3v) is 4.77. The van der Waals surface area contributed by atoms with Crippen LogP contribution in [0.1, 0.15) is 18.5 Å². The molecule has 1 saturated heterocycles. The molecule has 3 rings (SSSR count). The minimum Gasteiger partial charge on any atom is -0.469 e. The summed E-state index contributed by atoms with van der Waals surface area (Å²) in [5.74, 6) is -0.0810. The van der Waals surface area contributed by atoms with Crippen molar-refractivity contribution >= 4 is 22.3 Å². The molecular weight excluding hydrogens is 290 g/mol. The van der Waals surface area contributed by atoms with Crippen LogP contribution in [0.5, 0.6) is 0 Å². The normalized spacial score (nSPS) is 22.3. The van der Waals surface area contributed by atoms with E-state index in [0.717, 1.165) is 43.1 Å². The van der Waals surface area contributed by atoms with Crippen LogP contribution in [-0.4, -0.2) is 35.6 Å². The number of ether oxygens (including phenoxy) is 1.